The van der Waals surface area contributed by atoms with Gasteiger partial charge in [-0.05, 0) is 98.2 Å². The number of halogens is 1. The number of aliphatic imine (C=N–C) groups is 1. The fourth-order valence-electron chi connectivity index (χ4n) is 5.05. The van der Waals surface area contributed by atoms with Gasteiger partial charge < -0.3 is 29.6 Å². The monoisotopic (exact) mass is 670 g/mol. The van der Waals surface area contributed by atoms with Gasteiger partial charge >= 0.3 is 0 Å². The van der Waals surface area contributed by atoms with Crippen LogP contribution in [-0.4, -0.2) is 74.5 Å². The van der Waals surface area contributed by atoms with Gasteiger partial charge in [-0.15, -0.1) is 0 Å². The molecule has 0 radical (unpaired) electrons. The zero-order valence-corrected chi connectivity index (χ0v) is 28.3. The van der Waals surface area contributed by atoms with Crippen LogP contribution >= 0.6 is 23.1 Å². The number of allylic oxidation sites excluding steroid dienone is 3. The molecule has 232 valence electrons. The molecule has 1 saturated heterocycles. The second kappa shape index (κ2) is 14.0. The van der Waals surface area contributed by atoms with Gasteiger partial charge in [-0.3, -0.25) is 4.99 Å². The number of nitrogens with zero attached hydrogens (tertiary/aromatic N) is 4. The Morgan fingerprint density at radius 1 is 1.19 bits per heavy atom. The van der Waals surface area contributed by atoms with Gasteiger partial charge in [0, 0.05) is 48.7 Å². The Morgan fingerprint density at radius 2 is 1.93 bits per heavy atom. The lowest BCUT2D eigenvalue weighted by Crippen LogP contribution is -2.36. The van der Waals surface area contributed by atoms with Gasteiger partial charge in [0.1, 0.15) is 18.7 Å². The molecule has 1 unspecified atom stereocenters. The molecule has 2 N–H and O–H groups in total. The van der Waals surface area contributed by atoms with Crippen molar-refractivity contribution in [2.45, 2.75) is 57.5 Å². The Hall–Kier alpha value is -2.68. The van der Waals surface area contributed by atoms with Crippen LogP contribution < -0.4 is 20.3 Å². The summed E-state index contributed by atoms with van der Waals surface area (Å²) in [6, 6.07) is 4.40. The van der Waals surface area contributed by atoms with Crippen LogP contribution in [0.1, 0.15) is 51.0 Å². The minimum absolute atomic E-state index is 0.0180. The topological polar surface area (TPSA) is 101 Å². The summed E-state index contributed by atoms with van der Waals surface area (Å²) in [5, 5.41) is 7.04. The lowest BCUT2D eigenvalue weighted by Gasteiger charge is -2.31. The highest BCUT2D eigenvalue weighted by atomic mass is 79.9. The minimum atomic E-state index is -2.18. The predicted molar refractivity (Wildman–Crippen MR) is 181 cm³/mol. The van der Waals surface area contributed by atoms with E-state index < -0.39 is 7.14 Å². The number of methoxy groups -OCH3 is 1. The van der Waals surface area contributed by atoms with Crippen LogP contribution in [0.2, 0.25) is 0 Å². The first-order chi connectivity index (χ1) is 20.6. The SMILES string of the molecule is COc1cc(Nc2ncc(Br)c(NC(C)[C@H](C)\N=C(/C=C\C=C/P(C)(C)=O)C3CC3)n2)c(C2CC2)cc1N1CCOCC1. The lowest BCUT2D eigenvalue weighted by atomic mass is 10.1. The number of nitrogens with one attached hydrogen (secondary N) is 2. The Bertz CT molecular complexity index is 1430. The number of anilines is 4. The number of morpholine rings is 1. The highest BCUT2D eigenvalue weighted by molar-refractivity contribution is 9.10. The maximum atomic E-state index is 12.0. The minimum Gasteiger partial charge on any atom is -0.495 e. The molecule has 3 aliphatic rings. The van der Waals surface area contributed by atoms with E-state index in [4.69, 9.17) is 19.5 Å². The molecule has 5 rings (SSSR count). The summed E-state index contributed by atoms with van der Waals surface area (Å²) in [5.41, 5.74) is 4.47. The summed E-state index contributed by atoms with van der Waals surface area (Å²) in [5.74, 6) is 4.88. The first-order valence-corrected chi connectivity index (χ1v) is 18.7. The van der Waals surface area contributed by atoms with Gasteiger partial charge in [0.05, 0.1) is 36.5 Å². The molecule has 2 atom stereocenters. The van der Waals surface area contributed by atoms with Gasteiger partial charge in [-0.1, -0.05) is 12.2 Å². The smallest absolute Gasteiger partial charge is 0.229 e. The molecule has 1 aromatic carbocycles. The highest BCUT2D eigenvalue weighted by Gasteiger charge is 2.30. The van der Waals surface area contributed by atoms with Crippen molar-refractivity contribution in [1.82, 2.24) is 9.97 Å². The van der Waals surface area contributed by atoms with Crippen molar-refractivity contribution >= 4 is 51.9 Å². The second-order valence-corrected chi connectivity index (χ2v) is 16.2. The van der Waals surface area contributed by atoms with E-state index in [9.17, 15) is 4.57 Å². The van der Waals surface area contributed by atoms with E-state index in [0.29, 0.717) is 23.6 Å². The van der Waals surface area contributed by atoms with Crippen molar-refractivity contribution in [3.63, 3.8) is 0 Å². The third-order valence-electron chi connectivity index (χ3n) is 7.97. The lowest BCUT2D eigenvalue weighted by molar-refractivity contribution is 0.122. The first kappa shape index (κ1) is 31.7. The van der Waals surface area contributed by atoms with Gasteiger partial charge in [-0.25, -0.2) is 4.98 Å². The van der Waals surface area contributed by atoms with E-state index in [2.05, 4.69) is 68.5 Å². The van der Waals surface area contributed by atoms with E-state index >= 15 is 0 Å². The average Bonchev–Trinajstić information content (AvgIpc) is 3.90. The maximum absolute atomic E-state index is 12.0. The molecule has 2 heterocycles. The van der Waals surface area contributed by atoms with Crippen molar-refractivity contribution in [2.24, 2.45) is 10.9 Å². The fraction of sp³-hybridized carbons (Fsp3) is 0.531. The first-order valence-electron chi connectivity index (χ1n) is 15.2. The zero-order chi connectivity index (χ0) is 30.6. The summed E-state index contributed by atoms with van der Waals surface area (Å²) in [6.07, 6.45) is 12.4. The number of hydrogen-bond donors (Lipinski definition) is 2. The number of benzene rings is 1. The van der Waals surface area contributed by atoms with Gasteiger partial charge in [0.2, 0.25) is 5.95 Å². The molecule has 1 aromatic heterocycles. The third-order valence-corrected chi connectivity index (χ3v) is 9.44. The number of hydrogen-bond acceptors (Lipinski definition) is 9. The molecule has 11 heteroatoms. The number of aromatic nitrogens is 2. The molecule has 9 nitrogen and oxygen atoms in total. The highest BCUT2D eigenvalue weighted by Crippen LogP contribution is 2.48. The van der Waals surface area contributed by atoms with E-state index in [1.54, 1.807) is 32.5 Å². The van der Waals surface area contributed by atoms with Crippen LogP contribution in [0.3, 0.4) is 0 Å². The van der Waals surface area contributed by atoms with Crippen molar-refractivity contribution < 1.29 is 14.0 Å². The molecular formula is C32H44BrN6O3P. The summed E-state index contributed by atoms with van der Waals surface area (Å²) in [6.45, 7) is 10.9. The Balaban J connectivity index is 1.31. The molecule has 43 heavy (non-hydrogen) atoms. The summed E-state index contributed by atoms with van der Waals surface area (Å²) >= 11 is 3.63. The van der Waals surface area contributed by atoms with Gasteiger partial charge in [0.25, 0.3) is 0 Å². The molecule has 0 bridgehead atoms. The molecule has 2 saturated carbocycles. The van der Waals surface area contributed by atoms with Gasteiger partial charge in [-0.2, -0.15) is 4.98 Å². The van der Waals surface area contributed by atoms with Crippen molar-refractivity contribution in [2.75, 3.05) is 62.3 Å². The molecular weight excluding hydrogens is 627 g/mol. The number of ether oxygens (including phenoxy) is 2. The van der Waals surface area contributed by atoms with Gasteiger partial charge in [0.15, 0.2) is 0 Å². The number of rotatable bonds is 13. The van der Waals surface area contributed by atoms with Crippen LogP contribution in [0.25, 0.3) is 0 Å². The van der Waals surface area contributed by atoms with Crippen molar-refractivity contribution in [1.29, 1.82) is 0 Å². The summed E-state index contributed by atoms with van der Waals surface area (Å²) in [4.78, 5) is 16.8. The standard InChI is InChI=1S/C32H44BrN6O3P/c1-21(35-27(24-11-12-24)8-6-7-17-43(4,5)40)22(2)36-31-26(33)20-34-32(38-31)37-28-19-30(41-3)29(18-25(28)23-9-10-23)39-13-15-42-16-14-39/h6-8,17-24H,9-16H2,1-5H3,(H2,34,36,37,38)/b8-6-,17-7-,35-27+/t21-,22?/m0/s1. The van der Waals surface area contributed by atoms with Crippen LogP contribution in [0.4, 0.5) is 23.1 Å². The van der Waals surface area contributed by atoms with Crippen LogP contribution in [0, 0.1) is 5.92 Å². The average molecular weight is 672 g/mol. The van der Waals surface area contributed by atoms with Crippen LogP contribution in [-0.2, 0) is 9.30 Å². The Morgan fingerprint density at radius 3 is 2.58 bits per heavy atom. The molecule has 2 aromatic rings. The predicted octanol–water partition coefficient (Wildman–Crippen LogP) is 7.44. The maximum Gasteiger partial charge on any atom is 0.229 e. The quantitative estimate of drug-likeness (QED) is 0.129. The molecule has 1 aliphatic heterocycles. The van der Waals surface area contributed by atoms with E-state index in [0.717, 1.165) is 66.5 Å². The summed E-state index contributed by atoms with van der Waals surface area (Å²) < 4.78 is 24.2. The van der Waals surface area contributed by atoms with Crippen LogP contribution in [0.5, 0.6) is 5.75 Å². The summed E-state index contributed by atoms with van der Waals surface area (Å²) in [7, 11) is -0.459. The van der Waals surface area contributed by atoms with E-state index in [-0.39, 0.29) is 12.1 Å². The molecule has 2 aliphatic carbocycles. The molecule has 3 fully saturated rings. The van der Waals surface area contributed by atoms with Crippen molar-refractivity contribution in [3.05, 3.63) is 52.4 Å². The second-order valence-electron chi connectivity index (χ2n) is 12.1. The zero-order valence-electron chi connectivity index (χ0n) is 25.8. The molecule has 0 amide bonds. The normalized spacial score (nSPS) is 19.6. The van der Waals surface area contributed by atoms with Crippen molar-refractivity contribution in [3.8, 4) is 5.75 Å². The fourth-order valence-corrected chi connectivity index (χ4v) is 5.87. The Labute approximate surface area is 264 Å². The molecule has 0 spiro atoms. The van der Waals surface area contributed by atoms with E-state index in [1.165, 1.54) is 18.4 Å². The van der Waals surface area contributed by atoms with Crippen LogP contribution in [0.15, 0.2) is 51.8 Å². The largest absolute Gasteiger partial charge is 0.495 e. The third kappa shape index (κ3) is 8.93. The Kier molecular flexibility index (Phi) is 10.3. The van der Waals surface area contributed by atoms with E-state index in [1.807, 2.05) is 12.2 Å².